The van der Waals surface area contributed by atoms with E-state index in [2.05, 4.69) is 15.9 Å². The maximum atomic E-state index is 12.6. The Balaban J connectivity index is 1.81. The molecule has 0 spiro atoms. The molecule has 3 rings (SSSR count). The number of likely N-dealkylation sites (tertiary alicyclic amines) is 1. The van der Waals surface area contributed by atoms with Crippen molar-refractivity contribution < 1.29 is 14.0 Å². The van der Waals surface area contributed by atoms with Gasteiger partial charge in [-0.15, -0.1) is 0 Å². The van der Waals surface area contributed by atoms with E-state index in [9.17, 15) is 9.59 Å². The van der Waals surface area contributed by atoms with E-state index in [4.69, 9.17) is 4.42 Å². The van der Waals surface area contributed by atoms with E-state index >= 15 is 0 Å². The number of furan rings is 1. The van der Waals surface area contributed by atoms with Gasteiger partial charge >= 0.3 is 0 Å². The zero-order chi connectivity index (χ0) is 14.1. The van der Waals surface area contributed by atoms with Crippen LogP contribution in [0.5, 0.6) is 0 Å². The predicted molar refractivity (Wildman–Crippen MR) is 77.4 cm³/mol. The fourth-order valence-electron chi connectivity index (χ4n) is 3.45. The highest BCUT2D eigenvalue weighted by molar-refractivity contribution is 9.10. The number of carbonyl (C=O) groups excluding carboxylic acids is 2. The van der Waals surface area contributed by atoms with Crippen LogP contribution in [0.4, 0.5) is 0 Å². The number of carbonyl (C=O) groups is 2. The third-order valence-corrected chi connectivity index (χ3v) is 4.84. The fourth-order valence-corrected chi connectivity index (χ4v) is 3.75. The van der Waals surface area contributed by atoms with Gasteiger partial charge in [-0.1, -0.05) is 0 Å². The van der Waals surface area contributed by atoms with E-state index in [1.807, 2.05) is 4.90 Å². The van der Waals surface area contributed by atoms with Crippen molar-refractivity contribution in [3.8, 4) is 0 Å². The van der Waals surface area contributed by atoms with Crippen molar-refractivity contribution in [3.63, 3.8) is 0 Å². The lowest BCUT2D eigenvalue weighted by Gasteiger charge is -2.38. The van der Waals surface area contributed by atoms with E-state index in [1.165, 1.54) is 0 Å². The highest BCUT2D eigenvalue weighted by atomic mass is 79.9. The lowest BCUT2D eigenvalue weighted by atomic mass is 9.88. The molecule has 0 bridgehead atoms. The molecule has 20 heavy (non-hydrogen) atoms. The summed E-state index contributed by atoms with van der Waals surface area (Å²) in [5, 5.41) is 0. The number of piperidine rings is 1. The Kier molecular flexibility index (Phi) is 3.96. The molecule has 1 saturated heterocycles. The van der Waals surface area contributed by atoms with Crippen LogP contribution in [-0.2, 0) is 4.79 Å². The number of amides is 1. The third-order valence-electron chi connectivity index (χ3n) is 4.41. The first-order valence-corrected chi connectivity index (χ1v) is 8.05. The minimum atomic E-state index is -0.0832. The van der Waals surface area contributed by atoms with Crippen molar-refractivity contribution in [1.29, 1.82) is 0 Å². The second-order valence-corrected chi connectivity index (χ2v) is 6.41. The van der Waals surface area contributed by atoms with E-state index in [0.717, 1.165) is 38.6 Å². The Bertz CT molecular complexity index is 525. The topological polar surface area (TPSA) is 50.5 Å². The van der Waals surface area contributed by atoms with Crippen LogP contribution >= 0.6 is 15.9 Å². The number of ketones is 1. The van der Waals surface area contributed by atoms with Gasteiger partial charge in [-0.05, 0) is 60.2 Å². The standard InChI is InChI=1S/C15H18BrNO3/c16-14-8-7-13(20-14)15(19)17-9-2-1-5-11(17)10-4-3-6-12(10)18/h7-8,10-11H,1-6,9H2. The summed E-state index contributed by atoms with van der Waals surface area (Å²) in [6.45, 7) is 0.728. The zero-order valence-corrected chi connectivity index (χ0v) is 12.9. The molecule has 2 fully saturated rings. The highest BCUT2D eigenvalue weighted by Crippen LogP contribution is 2.33. The molecule has 1 aliphatic carbocycles. The summed E-state index contributed by atoms with van der Waals surface area (Å²) in [5.41, 5.74) is 0. The number of hydrogen-bond donors (Lipinski definition) is 0. The molecule has 4 nitrogen and oxygen atoms in total. The number of nitrogens with zero attached hydrogens (tertiary/aromatic N) is 1. The van der Waals surface area contributed by atoms with Crippen LogP contribution in [0.1, 0.15) is 49.1 Å². The van der Waals surface area contributed by atoms with Gasteiger partial charge in [0.2, 0.25) is 0 Å². The molecule has 0 aromatic carbocycles. The number of rotatable bonds is 2. The van der Waals surface area contributed by atoms with Crippen molar-refractivity contribution in [1.82, 2.24) is 4.90 Å². The lowest BCUT2D eigenvalue weighted by molar-refractivity contribution is -0.122. The third kappa shape index (κ3) is 2.55. The predicted octanol–water partition coefficient (Wildman–Crippen LogP) is 3.41. The molecule has 2 aliphatic rings. The molecule has 1 saturated carbocycles. The van der Waals surface area contributed by atoms with Crippen molar-refractivity contribution >= 4 is 27.6 Å². The van der Waals surface area contributed by atoms with Crippen LogP contribution < -0.4 is 0 Å². The molecule has 1 aliphatic heterocycles. The van der Waals surface area contributed by atoms with Crippen LogP contribution in [0.25, 0.3) is 0 Å². The van der Waals surface area contributed by atoms with E-state index < -0.39 is 0 Å². The Morgan fingerprint density at radius 3 is 2.75 bits per heavy atom. The van der Waals surface area contributed by atoms with Gasteiger partial charge in [0.1, 0.15) is 5.78 Å². The van der Waals surface area contributed by atoms with Crippen molar-refractivity contribution in [2.24, 2.45) is 5.92 Å². The summed E-state index contributed by atoms with van der Waals surface area (Å²) >= 11 is 3.22. The summed E-state index contributed by atoms with van der Waals surface area (Å²) in [4.78, 5) is 26.5. The van der Waals surface area contributed by atoms with E-state index in [0.29, 0.717) is 22.6 Å². The van der Waals surface area contributed by atoms with E-state index in [1.54, 1.807) is 12.1 Å². The minimum absolute atomic E-state index is 0.0395. The Morgan fingerprint density at radius 2 is 2.10 bits per heavy atom. The normalized spacial score (nSPS) is 27.1. The first kappa shape index (κ1) is 13.9. The molecule has 2 heterocycles. The van der Waals surface area contributed by atoms with Crippen molar-refractivity contribution in [3.05, 3.63) is 22.6 Å². The molecule has 1 aromatic rings. The fraction of sp³-hybridized carbons (Fsp3) is 0.600. The second-order valence-electron chi connectivity index (χ2n) is 5.63. The Labute approximate surface area is 126 Å². The Morgan fingerprint density at radius 1 is 1.25 bits per heavy atom. The first-order chi connectivity index (χ1) is 9.66. The van der Waals surface area contributed by atoms with Crippen LogP contribution in [0.15, 0.2) is 21.2 Å². The maximum Gasteiger partial charge on any atom is 0.289 e. The van der Waals surface area contributed by atoms with Gasteiger partial charge in [0.15, 0.2) is 10.4 Å². The van der Waals surface area contributed by atoms with Crippen LogP contribution in [-0.4, -0.2) is 29.2 Å². The quantitative estimate of drug-likeness (QED) is 0.829. The summed E-state index contributed by atoms with van der Waals surface area (Å²) in [7, 11) is 0. The highest BCUT2D eigenvalue weighted by Gasteiger charge is 2.39. The average molecular weight is 340 g/mol. The summed E-state index contributed by atoms with van der Waals surface area (Å²) in [5.74, 6) is 0.641. The number of halogens is 1. The smallest absolute Gasteiger partial charge is 0.289 e. The largest absolute Gasteiger partial charge is 0.444 e. The zero-order valence-electron chi connectivity index (χ0n) is 11.3. The maximum absolute atomic E-state index is 12.6. The van der Waals surface area contributed by atoms with Gasteiger partial charge in [0.25, 0.3) is 5.91 Å². The van der Waals surface area contributed by atoms with Crippen LogP contribution in [0, 0.1) is 5.92 Å². The first-order valence-electron chi connectivity index (χ1n) is 7.26. The van der Waals surface area contributed by atoms with Crippen molar-refractivity contribution in [2.75, 3.05) is 6.54 Å². The van der Waals surface area contributed by atoms with Crippen LogP contribution in [0.2, 0.25) is 0 Å². The summed E-state index contributed by atoms with van der Waals surface area (Å²) < 4.78 is 5.94. The van der Waals surface area contributed by atoms with Gasteiger partial charge in [0, 0.05) is 24.9 Å². The van der Waals surface area contributed by atoms with Gasteiger partial charge in [-0.3, -0.25) is 9.59 Å². The van der Waals surface area contributed by atoms with Crippen molar-refractivity contribution in [2.45, 2.75) is 44.6 Å². The van der Waals surface area contributed by atoms with E-state index in [-0.39, 0.29) is 17.9 Å². The average Bonchev–Trinajstić information content (AvgIpc) is 3.07. The second kappa shape index (κ2) is 5.72. The van der Waals surface area contributed by atoms with Gasteiger partial charge in [0.05, 0.1) is 0 Å². The molecule has 1 amide bonds. The van der Waals surface area contributed by atoms with Gasteiger partial charge < -0.3 is 9.32 Å². The lowest BCUT2D eigenvalue weighted by Crippen LogP contribution is -2.48. The minimum Gasteiger partial charge on any atom is -0.444 e. The molecule has 0 N–H and O–H groups in total. The SMILES string of the molecule is O=C1CCCC1C1CCCCN1C(=O)c1ccc(Br)o1. The molecule has 1 aromatic heterocycles. The molecule has 2 unspecified atom stereocenters. The van der Waals surface area contributed by atoms with Gasteiger partial charge in [-0.2, -0.15) is 0 Å². The monoisotopic (exact) mass is 339 g/mol. The number of hydrogen-bond acceptors (Lipinski definition) is 3. The van der Waals surface area contributed by atoms with Gasteiger partial charge in [-0.25, -0.2) is 0 Å². The number of Topliss-reactive ketones (excluding diaryl/α,β-unsaturated/α-hetero) is 1. The van der Waals surface area contributed by atoms with Crippen LogP contribution in [0.3, 0.4) is 0 Å². The molecule has 2 atom stereocenters. The molecular weight excluding hydrogens is 322 g/mol. The molecule has 108 valence electrons. The summed E-state index contributed by atoms with van der Waals surface area (Å²) in [6, 6.07) is 3.48. The molecular formula is C15H18BrNO3. The molecule has 5 heteroatoms. The molecule has 0 radical (unpaired) electrons. The Hall–Kier alpha value is -1.10. The summed E-state index contributed by atoms with van der Waals surface area (Å²) in [6.07, 6.45) is 5.61.